The summed E-state index contributed by atoms with van der Waals surface area (Å²) in [5.74, 6) is -1.38. The van der Waals surface area contributed by atoms with Crippen LogP contribution in [0.25, 0.3) is 0 Å². The Hall–Kier alpha value is -6.18. The zero-order chi connectivity index (χ0) is 36.8. The second-order valence-electron chi connectivity index (χ2n) is 12.6. The van der Waals surface area contributed by atoms with E-state index in [0.717, 1.165) is 5.56 Å². The number of methoxy groups -OCH3 is 1. The Labute approximate surface area is 299 Å². The number of non-ortho nitro benzene ring substituents is 1. The van der Waals surface area contributed by atoms with Gasteiger partial charge in [-0.05, 0) is 60.0 Å². The summed E-state index contributed by atoms with van der Waals surface area (Å²) in [5, 5.41) is 45.1. The van der Waals surface area contributed by atoms with Gasteiger partial charge in [-0.25, -0.2) is 0 Å². The van der Waals surface area contributed by atoms with Crippen LogP contribution in [0.4, 0.5) is 17.1 Å². The van der Waals surface area contributed by atoms with Crippen molar-refractivity contribution in [1.82, 2.24) is 15.0 Å². The Morgan fingerprint density at radius 1 is 1.06 bits per heavy atom. The highest BCUT2D eigenvalue weighted by Gasteiger charge is 2.53. The van der Waals surface area contributed by atoms with Gasteiger partial charge in [0.1, 0.15) is 5.75 Å². The van der Waals surface area contributed by atoms with Gasteiger partial charge in [-0.1, -0.05) is 66.8 Å². The van der Waals surface area contributed by atoms with Gasteiger partial charge in [0.05, 0.1) is 42.5 Å². The third-order valence-electron chi connectivity index (χ3n) is 9.25. The van der Waals surface area contributed by atoms with Crippen molar-refractivity contribution in [1.29, 1.82) is 0 Å². The molecule has 0 radical (unpaired) electrons. The van der Waals surface area contributed by atoms with Gasteiger partial charge >= 0.3 is 0 Å². The monoisotopic (exact) mass is 702 g/mol. The van der Waals surface area contributed by atoms with Crippen molar-refractivity contribution in [3.63, 3.8) is 0 Å². The lowest BCUT2D eigenvalue weighted by molar-refractivity contribution is -0.385. The van der Waals surface area contributed by atoms with Crippen LogP contribution in [-0.4, -0.2) is 55.7 Å². The third kappa shape index (κ3) is 7.31. The summed E-state index contributed by atoms with van der Waals surface area (Å²) in [6.07, 6.45) is 5.82. The summed E-state index contributed by atoms with van der Waals surface area (Å²) in [4.78, 5) is 39.6. The van der Waals surface area contributed by atoms with Crippen molar-refractivity contribution >= 4 is 28.9 Å². The van der Waals surface area contributed by atoms with Crippen LogP contribution in [-0.2, 0) is 23.5 Å². The largest absolute Gasteiger partial charge is 0.497 e. The number of nitro groups is 1. The molecule has 4 aromatic carbocycles. The number of nitrogens with zero attached hydrogens (tertiary/aromatic N) is 5. The summed E-state index contributed by atoms with van der Waals surface area (Å²) in [6.45, 7) is 2.07. The van der Waals surface area contributed by atoms with E-state index in [0.29, 0.717) is 46.9 Å². The maximum Gasteiger partial charge on any atom is 0.269 e. The Morgan fingerprint density at radius 3 is 2.54 bits per heavy atom. The SMILES string of the molecule is COc1ccc(C(=O)Nc2cccc(CN3C(=O)[C@](O)([C@H](C)/C=C/CCn4cc(C(CO)c5ccccc5)nn4)c4cc([N+](=O)[O-])ccc43)c2)cc1. The van der Waals surface area contributed by atoms with E-state index in [1.807, 2.05) is 36.4 Å². The van der Waals surface area contributed by atoms with E-state index < -0.39 is 22.3 Å². The molecule has 5 aromatic rings. The maximum atomic E-state index is 14.1. The van der Waals surface area contributed by atoms with E-state index >= 15 is 0 Å². The van der Waals surface area contributed by atoms with E-state index in [1.165, 1.54) is 23.1 Å². The highest BCUT2D eigenvalue weighted by atomic mass is 16.6. The molecule has 0 spiro atoms. The number of hydrogen-bond acceptors (Lipinski definition) is 9. The van der Waals surface area contributed by atoms with Gasteiger partial charge in [-0.2, -0.15) is 0 Å². The molecule has 1 aromatic heterocycles. The molecule has 0 saturated carbocycles. The summed E-state index contributed by atoms with van der Waals surface area (Å²) in [7, 11) is 1.54. The number of ether oxygens (including phenoxy) is 1. The van der Waals surface area contributed by atoms with E-state index in [2.05, 4.69) is 15.6 Å². The number of aromatic nitrogens is 3. The predicted molar refractivity (Wildman–Crippen MR) is 194 cm³/mol. The number of carbonyl (C=O) groups is 2. The molecule has 0 aliphatic carbocycles. The molecule has 0 bridgehead atoms. The molecule has 13 nitrogen and oxygen atoms in total. The number of rotatable bonds is 14. The molecule has 266 valence electrons. The maximum absolute atomic E-state index is 14.1. The van der Waals surface area contributed by atoms with E-state index in [-0.39, 0.29) is 36.2 Å². The predicted octanol–water partition coefficient (Wildman–Crippen LogP) is 5.59. The lowest BCUT2D eigenvalue weighted by Gasteiger charge is -2.27. The second-order valence-corrected chi connectivity index (χ2v) is 12.6. The Bertz CT molecular complexity index is 2100. The lowest BCUT2D eigenvalue weighted by Crippen LogP contribution is -2.44. The first kappa shape index (κ1) is 35.6. The average molecular weight is 703 g/mol. The average Bonchev–Trinajstić information content (AvgIpc) is 3.71. The number of carbonyl (C=O) groups excluding carboxylic acids is 2. The smallest absolute Gasteiger partial charge is 0.269 e. The van der Waals surface area contributed by atoms with Crippen LogP contribution in [0.5, 0.6) is 5.75 Å². The molecule has 52 heavy (non-hydrogen) atoms. The summed E-state index contributed by atoms with van der Waals surface area (Å²) < 4.78 is 6.83. The Morgan fingerprint density at radius 2 is 1.83 bits per heavy atom. The highest BCUT2D eigenvalue weighted by molar-refractivity contribution is 6.07. The van der Waals surface area contributed by atoms with Crippen molar-refractivity contribution in [3.05, 3.63) is 153 Å². The van der Waals surface area contributed by atoms with Crippen LogP contribution in [0.3, 0.4) is 0 Å². The number of aryl methyl sites for hydroxylation is 1. The molecule has 0 saturated heterocycles. The summed E-state index contributed by atoms with van der Waals surface area (Å²) in [6, 6.07) is 27.3. The van der Waals surface area contributed by atoms with Crippen molar-refractivity contribution in [2.45, 2.75) is 38.0 Å². The quantitative estimate of drug-likeness (QED) is 0.0758. The fraction of sp³-hybridized carbons (Fsp3) is 0.231. The minimum atomic E-state index is -2.08. The number of nitrogens with one attached hydrogen (secondary N) is 1. The number of amides is 2. The van der Waals surface area contributed by atoms with Crippen molar-refractivity contribution in [3.8, 4) is 5.75 Å². The number of fused-ring (bicyclic) bond motifs is 1. The molecule has 1 unspecified atom stereocenters. The fourth-order valence-corrected chi connectivity index (χ4v) is 6.37. The van der Waals surface area contributed by atoms with E-state index in [1.54, 1.807) is 79.5 Å². The van der Waals surface area contributed by atoms with Gasteiger partial charge < -0.3 is 25.2 Å². The topological polar surface area (TPSA) is 173 Å². The molecule has 13 heteroatoms. The molecule has 2 amide bonds. The van der Waals surface area contributed by atoms with Gasteiger partial charge in [0.15, 0.2) is 5.60 Å². The molecule has 3 N–H and O–H groups in total. The van der Waals surface area contributed by atoms with E-state index in [9.17, 15) is 29.9 Å². The van der Waals surface area contributed by atoms with Gasteiger partial charge in [0.25, 0.3) is 17.5 Å². The molecule has 1 aliphatic heterocycles. The summed E-state index contributed by atoms with van der Waals surface area (Å²) in [5.41, 5.74) is 1.36. The molecular weight excluding hydrogens is 664 g/mol. The highest BCUT2D eigenvalue weighted by Crippen LogP contribution is 2.47. The Balaban J connectivity index is 1.17. The molecule has 2 heterocycles. The summed E-state index contributed by atoms with van der Waals surface area (Å²) >= 11 is 0. The Kier molecular flexibility index (Phi) is 10.5. The molecule has 3 atom stereocenters. The van der Waals surface area contributed by atoms with Gasteiger partial charge in [0, 0.05) is 47.6 Å². The first-order valence-corrected chi connectivity index (χ1v) is 16.7. The molecule has 1 aliphatic rings. The zero-order valence-electron chi connectivity index (χ0n) is 28.6. The molecule has 0 fully saturated rings. The van der Waals surface area contributed by atoms with Crippen LogP contribution in [0.1, 0.15) is 52.0 Å². The fourth-order valence-electron chi connectivity index (χ4n) is 6.37. The van der Waals surface area contributed by atoms with Crippen molar-refractivity contribution in [2.24, 2.45) is 5.92 Å². The number of benzene rings is 4. The lowest BCUT2D eigenvalue weighted by atomic mass is 9.82. The normalized spacial score (nSPS) is 16.5. The first-order valence-electron chi connectivity index (χ1n) is 16.7. The molecular formula is C39H38N6O7. The number of anilines is 2. The standard InChI is InChI=1S/C39H38N6O7/c1-26(9-6-7-20-43-24-35(41-42-43)33(25-46)28-11-4-3-5-12-28)39(49)34-22-31(45(50)51)16-19-36(34)44(38(39)48)23-27-10-8-13-30(21-27)40-37(47)29-14-17-32(52-2)18-15-29/h3-6,8-19,21-22,24,26,33,46,49H,7,20,23,25H2,1-2H3,(H,40,47)/b9-6+/t26-,33?,39+/m1/s1. The van der Waals surface area contributed by atoms with Crippen LogP contribution in [0.15, 0.2) is 115 Å². The zero-order valence-corrected chi connectivity index (χ0v) is 28.6. The minimum absolute atomic E-state index is 0.0427. The number of nitro benzene ring substituents is 1. The second kappa shape index (κ2) is 15.4. The van der Waals surface area contributed by atoms with Crippen LogP contribution >= 0.6 is 0 Å². The molecule has 6 rings (SSSR count). The van der Waals surface area contributed by atoms with Crippen LogP contribution < -0.4 is 15.0 Å². The third-order valence-corrected chi connectivity index (χ3v) is 9.25. The van der Waals surface area contributed by atoms with Gasteiger partial charge in [-0.15, -0.1) is 5.10 Å². The number of aliphatic hydroxyl groups excluding tert-OH is 1. The number of aliphatic hydroxyl groups is 2. The van der Waals surface area contributed by atoms with Crippen LogP contribution in [0, 0.1) is 16.0 Å². The van der Waals surface area contributed by atoms with E-state index in [4.69, 9.17) is 4.74 Å². The minimum Gasteiger partial charge on any atom is -0.497 e. The van der Waals surface area contributed by atoms with Crippen molar-refractivity contribution in [2.75, 3.05) is 23.9 Å². The number of hydrogen-bond donors (Lipinski definition) is 3. The van der Waals surface area contributed by atoms with Gasteiger partial charge in [0.2, 0.25) is 0 Å². The van der Waals surface area contributed by atoms with Gasteiger partial charge in [-0.3, -0.25) is 24.4 Å². The van der Waals surface area contributed by atoms with Crippen LogP contribution in [0.2, 0.25) is 0 Å². The first-order chi connectivity index (χ1) is 25.1. The van der Waals surface area contributed by atoms with Crippen molar-refractivity contribution < 1.29 is 29.5 Å². The number of allylic oxidation sites excluding steroid dienone is 1.